The predicted octanol–water partition coefficient (Wildman–Crippen LogP) is 0.857. The molecule has 0 radical (unpaired) electrons. The first-order valence-electron chi connectivity index (χ1n) is 5.51. The summed E-state index contributed by atoms with van der Waals surface area (Å²) in [5.74, 6) is -8.68. The second-order valence-corrected chi connectivity index (χ2v) is 4.12. The van der Waals surface area contributed by atoms with Gasteiger partial charge in [0, 0.05) is 0 Å². The summed E-state index contributed by atoms with van der Waals surface area (Å²) in [5, 5.41) is 66.4. The van der Waals surface area contributed by atoms with E-state index >= 15 is 0 Å². The van der Waals surface area contributed by atoms with Crippen molar-refractivity contribution in [2.24, 2.45) is 0 Å². The van der Waals surface area contributed by atoms with Gasteiger partial charge in [0.25, 0.3) is 0 Å². The van der Waals surface area contributed by atoms with E-state index in [1.165, 1.54) is 6.07 Å². The average molecular weight is 294 g/mol. The molecule has 0 saturated heterocycles. The first-order chi connectivity index (χ1) is 9.77. The molecule has 8 nitrogen and oxygen atoms in total. The van der Waals surface area contributed by atoms with Crippen molar-refractivity contribution in [3.8, 4) is 40.2 Å². The summed E-state index contributed by atoms with van der Waals surface area (Å²) in [4.78, 5) is 12.2. The number of rotatable bonds is 2. The molecule has 0 atom stereocenters. The van der Waals surface area contributed by atoms with Crippen LogP contribution >= 0.6 is 0 Å². The summed E-state index contributed by atoms with van der Waals surface area (Å²) in [6.07, 6.45) is 0. The van der Waals surface area contributed by atoms with Gasteiger partial charge in [-0.1, -0.05) is 6.07 Å². The molecule has 110 valence electrons. The zero-order chi connectivity index (χ0) is 15.9. The molecule has 2 aromatic rings. The van der Waals surface area contributed by atoms with Gasteiger partial charge in [0.2, 0.25) is 23.0 Å². The number of carbonyl (C=O) groups excluding carboxylic acids is 1. The van der Waals surface area contributed by atoms with Gasteiger partial charge in [0.15, 0.2) is 11.5 Å². The average Bonchev–Trinajstić information content (AvgIpc) is 2.43. The Labute approximate surface area is 117 Å². The largest absolute Gasteiger partial charge is 0.507 e. The third-order valence-electron chi connectivity index (χ3n) is 2.85. The van der Waals surface area contributed by atoms with Crippen LogP contribution in [0.5, 0.6) is 40.2 Å². The molecule has 0 saturated carbocycles. The molecule has 0 amide bonds. The van der Waals surface area contributed by atoms with E-state index in [1.807, 2.05) is 0 Å². The minimum Gasteiger partial charge on any atom is -0.507 e. The van der Waals surface area contributed by atoms with Crippen molar-refractivity contribution in [2.75, 3.05) is 0 Å². The summed E-state index contributed by atoms with van der Waals surface area (Å²) in [6, 6.07) is 3.38. The van der Waals surface area contributed by atoms with Crippen molar-refractivity contribution >= 4 is 5.78 Å². The van der Waals surface area contributed by atoms with Gasteiger partial charge in [-0.05, 0) is 12.1 Å². The highest BCUT2D eigenvalue weighted by molar-refractivity contribution is 6.16. The van der Waals surface area contributed by atoms with E-state index in [1.54, 1.807) is 0 Å². The van der Waals surface area contributed by atoms with Crippen LogP contribution in [-0.2, 0) is 0 Å². The first kappa shape index (κ1) is 14.1. The molecule has 2 aromatic carbocycles. The van der Waals surface area contributed by atoms with Gasteiger partial charge in [-0.15, -0.1) is 0 Å². The number of ketones is 1. The van der Waals surface area contributed by atoms with Crippen molar-refractivity contribution in [1.82, 2.24) is 0 Å². The van der Waals surface area contributed by atoms with Gasteiger partial charge in [-0.3, -0.25) is 4.79 Å². The number of phenols is 7. The fourth-order valence-corrected chi connectivity index (χ4v) is 1.79. The molecule has 0 heterocycles. The monoisotopic (exact) mass is 294 g/mol. The number of hydrogen-bond donors (Lipinski definition) is 7. The maximum absolute atomic E-state index is 12.2. The van der Waals surface area contributed by atoms with Crippen LogP contribution in [0.1, 0.15) is 15.9 Å². The van der Waals surface area contributed by atoms with Crippen molar-refractivity contribution in [3.63, 3.8) is 0 Å². The molecule has 0 aromatic heterocycles. The van der Waals surface area contributed by atoms with Crippen molar-refractivity contribution in [3.05, 3.63) is 29.3 Å². The van der Waals surface area contributed by atoms with Crippen molar-refractivity contribution in [1.29, 1.82) is 0 Å². The molecule has 0 aliphatic heterocycles. The number of benzene rings is 2. The second kappa shape index (κ2) is 4.67. The van der Waals surface area contributed by atoms with Gasteiger partial charge in [0.1, 0.15) is 22.6 Å². The smallest absolute Gasteiger partial charge is 0.208 e. The maximum Gasteiger partial charge on any atom is 0.208 e. The SMILES string of the molecule is O=C(c1c(O)cccc1O)c1c(O)c(O)c(O)c(O)c1O. The number of carbonyl (C=O) groups is 1. The Bertz CT molecular complexity index is 701. The Hall–Kier alpha value is -3.29. The Balaban J connectivity index is 2.77. The molecule has 21 heavy (non-hydrogen) atoms. The van der Waals surface area contributed by atoms with Crippen LogP contribution in [-0.4, -0.2) is 41.5 Å². The molecular weight excluding hydrogens is 284 g/mol. The van der Waals surface area contributed by atoms with E-state index in [4.69, 9.17) is 0 Å². The zero-order valence-electron chi connectivity index (χ0n) is 10.3. The summed E-state index contributed by atoms with van der Waals surface area (Å²) in [7, 11) is 0. The fourth-order valence-electron chi connectivity index (χ4n) is 1.79. The Morgan fingerprint density at radius 3 is 1.43 bits per heavy atom. The highest BCUT2D eigenvalue weighted by atomic mass is 16.4. The molecule has 0 fully saturated rings. The predicted molar refractivity (Wildman–Crippen MR) is 68.0 cm³/mol. The van der Waals surface area contributed by atoms with Gasteiger partial charge in [-0.2, -0.15) is 0 Å². The molecule has 2 rings (SSSR count). The van der Waals surface area contributed by atoms with Crippen LogP contribution in [0.15, 0.2) is 18.2 Å². The van der Waals surface area contributed by atoms with E-state index < -0.39 is 57.2 Å². The van der Waals surface area contributed by atoms with Crippen LogP contribution in [0.3, 0.4) is 0 Å². The fraction of sp³-hybridized carbons (Fsp3) is 0. The molecule has 0 aliphatic rings. The third kappa shape index (κ3) is 1.98. The van der Waals surface area contributed by atoms with Gasteiger partial charge < -0.3 is 35.7 Å². The Morgan fingerprint density at radius 2 is 1.00 bits per heavy atom. The standard InChI is InChI=1S/C13H10O8/c14-4-2-1-3-5(15)6(4)8(16)7-9(17)11(19)13(21)12(20)10(7)18/h1-3,14-15,17-21H. The minimum atomic E-state index is -1.27. The molecule has 0 bridgehead atoms. The summed E-state index contributed by atoms with van der Waals surface area (Å²) in [6.45, 7) is 0. The summed E-state index contributed by atoms with van der Waals surface area (Å²) in [5.41, 5.74) is -1.65. The van der Waals surface area contributed by atoms with Crippen LogP contribution in [0, 0.1) is 0 Å². The highest BCUT2D eigenvalue weighted by Gasteiger charge is 2.30. The van der Waals surface area contributed by atoms with Crippen molar-refractivity contribution < 1.29 is 40.5 Å². The van der Waals surface area contributed by atoms with Crippen LogP contribution in [0.25, 0.3) is 0 Å². The summed E-state index contributed by atoms with van der Waals surface area (Å²) >= 11 is 0. The molecule has 8 heteroatoms. The lowest BCUT2D eigenvalue weighted by molar-refractivity contribution is 0.102. The minimum absolute atomic E-state index is 0.647. The number of aromatic hydroxyl groups is 7. The first-order valence-corrected chi connectivity index (χ1v) is 5.51. The second-order valence-electron chi connectivity index (χ2n) is 4.12. The van der Waals surface area contributed by atoms with Crippen LogP contribution in [0.4, 0.5) is 0 Å². The van der Waals surface area contributed by atoms with Gasteiger partial charge >= 0.3 is 0 Å². The molecule has 7 N–H and O–H groups in total. The summed E-state index contributed by atoms with van der Waals surface area (Å²) < 4.78 is 0. The van der Waals surface area contributed by atoms with E-state index in [9.17, 15) is 40.5 Å². The molecule has 0 spiro atoms. The van der Waals surface area contributed by atoms with Crippen molar-refractivity contribution in [2.45, 2.75) is 0 Å². The van der Waals surface area contributed by atoms with E-state index in [2.05, 4.69) is 0 Å². The molecule has 0 unspecified atom stereocenters. The lowest BCUT2D eigenvalue weighted by Gasteiger charge is -2.12. The van der Waals surface area contributed by atoms with Gasteiger partial charge in [-0.25, -0.2) is 0 Å². The maximum atomic E-state index is 12.2. The highest BCUT2D eigenvalue weighted by Crippen LogP contribution is 2.51. The zero-order valence-corrected chi connectivity index (χ0v) is 10.3. The third-order valence-corrected chi connectivity index (χ3v) is 2.85. The quantitative estimate of drug-likeness (QED) is 0.244. The van der Waals surface area contributed by atoms with Crippen LogP contribution in [0.2, 0.25) is 0 Å². The lowest BCUT2D eigenvalue weighted by atomic mass is 9.98. The topological polar surface area (TPSA) is 159 Å². The van der Waals surface area contributed by atoms with E-state index in [0.717, 1.165) is 12.1 Å². The lowest BCUT2D eigenvalue weighted by Crippen LogP contribution is -2.03. The number of hydrogen-bond acceptors (Lipinski definition) is 8. The van der Waals surface area contributed by atoms with Gasteiger partial charge in [0.05, 0.1) is 0 Å². The Morgan fingerprint density at radius 1 is 0.619 bits per heavy atom. The van der Waals surface area contributed by atoms with E-state index in [0.29, 0.717) is 0 Å². The Kier molecular flexibility index (Phi) is 3.14. The number of phenolic OH excluding ortho intramolecular Hbond substituents is 7. The molecular formula is C13H10O8. The normalized spacial score (nSPS) is 10.5. The molecule has 0 aliphatic carbocycles. The van der Waals surface area contributed by atoms with Crippen LogP contribution < -0.4 is 0 Å². The van der Waals surface area contributed by atoms with E-state index in [-0.39, 0.29) is 0 Å².